The molecule has 25 heavy (non-hydrogen) atoms. The lowest BCUT2D eigenvalue weighted by Gasteiger charge is -2.13. The fourth-order valence-electron chi connectivity index (χ4n) is 4.28. The molecule has 4 rings (SSSR count). The first kappa shape index (κ1) is 17.1. The van der Waals surface area contributed by atoms with Crippen LogP contribution >= 0.6 is 23.2 Å². The first-order valence-corrected chi connectivity index (χ1v) is 9.73. The quantitative estimate of drug-likeness (QED) is 0.354. The van der Waals surface area contributed by atoms with Crippen LogP contribution in [0.5, 0.6) is 0 Å². The number of hydrazone groups is 1. The third kappa shape index (κ3) is 3.13. The summed E-state index contributed by atoms with van der Waals surface area (Å²) in [5, 5.41) is 4.23. The molecule has 1 aromatic rings. The molecule has 3 aliphatic rings. The maximum Gasteiger partial charge on any atom is 0.243 e. The number of nitrogens with zero attached hydrogens (tertiary/aromatic N) is 1. The highest BCUT2D eigenvalue weighted by molar-refractivity contribution is 6.53. The van der Waals surface area contributed by atoms with E-state index < -0.39 is 9.75 Å². The molecule has 0 unspecified atom stereocenters. The van der Waals surface area contributed by atoms with Gasteiger partial charge in [0.25, 0.3) is 0 Å². The summed E-state index contributed by atoms with van der Waals surface area (Å²) < 4.78 is -0.863. The van der Waals surface area contributed by atoms with Crippen molar-refractivity contribution < 1.29 is 4.79 Å². The summed E-state index contributed by atoms with van der Waals surface area (Å²) in [6.07, 6.45) is 11.1. The van der Waals surface area contributed by atoms with E-state index in [1.807, 2.05) is 30.3 Å². The largest absolute Gasteiger partial charge is 0.273 e. The van der Waals surface area contributed by atoms with Crippen molar-refractivity contribution in [2.24, 2.45) is 22.9 Å². The highest BCUT2D eigenvalue weighted by Crippen LogP contribution is 2.63. The van der Waals surface area contributed by atoms with Crippen LogP contribution in [0.3, 0.4) is 0 Å². The van der Waals surface area contributed by atoms with Crippen LogP contribution in [-0.4, -0.2) is 16.5 Å². The highest BCUT2D eigenvalue weighted by atomic mass is 35.5. The summed E-state index contributed by atoms with van der Waals surface area (Å²) >= 11 is 12.8. The van der Waals surface area contributed by atoms with Gasteiger partial charge in [0.15, 0.2) is 0 Å². The molecule has 0 bridgehead atoms. The molecule has 1 N–H and O–H groups in total. The number of carbonyl (C=O) groups excluding carboxylic acids is 1. The van der Waals surface area contributed by atoms with Crippen LogP contribution in [0.15, 0.2) is 47.6 Å². The molecule has 0 saturated heterocycles. The second kappa shape index (κ2) is 6.44. The lowest BCUT2D eigenvalue weighted by atomic mass is 9.97. The van der Waals surface area contributed by atoms with Crippen LogP contribution in [0, 0.1) is 17.8 Å². The van der Waals surface area contributed by atoms with Crippen molar-refractivity contribution in [3.63, 3.8) is 0 Å². The van der Waals surface area contributed by atoms with Crippen molar-refractivity contribution in [1.29, 1.82) is 0 Å². The first-order valence-electron chi connectivity index (χ1n) is 8.98. The third-order valence-corrected chi connectivity index (χ3v) is 6.85. The van der Waals surface area contributed by atoms with Gasteiger partial charge < -0.3 is 0 Å². The highest BCUT2D eigenvalue weighted by Gasteiger charge is 2.66. The molecule has 2 fully saturated rings. The Hall–Kier alpha value is -1.32. The zero-order chi connectivity index (χ0) is 17.5. The standard InChI is InChI=1S/C20H22Cl2N2O/c21-20(22)12-19(20,14-8-4-3-5-9-14)13-23-24-18(25)17-15-10-6-1-2-7-11-16(15)17/h1-5,8-9,13,15-17H,6-7,10-12H2,(H,24,25)/b2-1-,23-13-/t15-,16-,19-/m0/s1. The first-order chi connectivity index (χ1) is 12.1. The van der Waals surface area contributed by atoms with Crippen LogP contribution < -0.4 is 5.43 Å². The average Bonchev–Trinajstić information content (AvgIpc) is 3.41. The number of rotatable bonds is 4. The molecule has 0 heterocycles. The van der Waals surface area contributed by atoms with Gasteiger partial charge in [-0.15, -0.1) is 23.2 Å². The van der Waals surface area contributed by atoms with Gasteiger partial charge in [-0.1, -0.05) is 42.5 Å². The monoisotopic (exact) mass is 376 g/mol. The summed E-state index contributed by atoms with van der Waals surface area (Å²) in [6, 6.07) is 9.87. The van der Waals surface area contributed by atoms with Crippen LogP contribution in [0.25, 0.3) is 0 Å². The maximum atomic E-state index is 12.5. The molecule has 3 atom stereocenters. The number of halogens is 2. The Kier molecular flexibility index (Phi) is 4.41. The predicted octanol–water partition coefficient (Wildman–Crippen LogP) is 4.60. The molecule has 0 aliphatic heterocycles. The molecule has 0 spiro atoms. The molecule has 3 nitrogen and oxygen atoms in total. The van der Waals surface area contributed by atoms with E-state index in [-0.39, 0.29) is 11.8 Å². The van der Waals surface area contributed by atoms with Crippen molar-refractivity contribution in [2.45, 2.75) is 41.9 Å². The predicted molar refractivity (Wildman–Crippen MR) is 102 cm³/mol. The summed E-state index contributed by atoms with van der Waals surface area (Å²) in [5.74, 6) is 1.18. The van der Waals surface area contributed by atoms with Gasteiger partial charge in [-0.3, -0.25) is 4.79 Å². The molecular weight excluding hydrogens is 355 g/mol. The van der Waals surface area contributed by atoms with Crippen LogP contribution in [0.2, 0.25) is 0 Å². The van der Waals surface area contributed by atoms with Crippen molar-refractivity contribution in [1.82, 2.24) is 5.43 Å². The Bertz CT molecular complexity index is 700. The Balaban J connectivity index is 1.40. The van der Waals surface area contributed by atoms with E-state index in [0.29, 0.717) is 18.3 Å². The number of alkyl halides is 2. The maximum absolute atomic E-state index is 12.5. The van der Waals surface area contributed by atoms with E-state index in [1.165, 1.54) is 0 Å². The smallest absolute Gasteiger partial charge is 0.243 e. The molecule has 1 aromatic carbocycles. The summed E-state index contributed by atoms with van der Waals surface area (Å²) in [6.45, 7) is 0. The fraction of sp³-hybridized carbons (Fsp3) is 0.500. The van der Waals surface area contributed by atoms with Crippen molar-refractivity contribution in [2.75, 3.05) is 0 Å². The number of hydrogen-bond acceptors (Lipinski definition) is 2. The fourth-order valence-corrected chi connectivity index (χ4v) is 5.02. The number of amides is 1. The van der Waals surface area contributed by atoms with Gasteiger partial charge in [-0.05, 0) is 49.5 Å². The minimum atomic E-state index is -0.863. The Morgan fingerprint density at radius 3 is 2.28 bits per heavy atom. The lowest BCUT2D eigenvalue weighted by molar-refractivity contribution is -0.122. The minimum Gasteiger partial charge on any atom is -0.273 e. The van der Waals surface area contributed by atoms with E-state index >= 15 is 0 Å². The van der Waals surface area contributed by atoms with Gasteiger partial charge in [-0.2, -0.15) is 5.10 Å². The Labute approximate surface area is 158 Å². The Morgan fingerprint density at radius 1 is 1.12 bits per heavy atom. The van der Waals surface area contributed by atoms with E-state index in [0.717, 1.165) is 31.2 Å². The second-order valence-corrected chi connectivity index (χ2v) is 8.92. The van der Waals surface area contributed by atoms with Gasteiger partial charge in [0.2, 0.25) is 5.91 Å². The molecule has 5 heteroatoms. The van der Waals surface area contributed by atoms with Gasteiger partial charge in [0, 0.05) is 12.1 Å². The topological polar surface area (TPSA) is 41.5 Å². The molecule has 0 radical (unpaired) electrons. The van der Waals surface area contributed by atoms with Gasteiger partial charge in [-0.25, -0.2) is 5.43 Å². The number of nitrogens with one attached hydrogen (secondary N) is 1. The normalized spacial score (nSPS) is 36.8. The Morgan fingerprint density at radius 2 is 1.72 bits per heavy atom. The van der Waals surface area contributed by atoms with Crippen LogP contribution in [0.1, 0.15) is 37.7 Å². The van der Waals surface area contributed by atoms with E-state index in [9.17, 15) is 4.79 Å². The van der Waals surface area contributed by atoms with Gasteiger partial charge >= 0.3 is 0 Å². The molecule has 1 amide bonds. The molecule has 2 saturated carbocycles. The third-order valence-electron chi connectivity index (χ3n) is 5.91. The van der Waals surface area contributed by atoms with E-state index in [2.05, 4.69) is 22.7 Å². The van der Waals surface area contributed by atoms with Gasteiger partial charge in [0.1, 0.15) is 4.33 Å². The minimum absolute atomic E-state index is 0.0340. The SMILES string of the molecule is O=C(N/N=C\[C@]1(c2ccccc2)CC1(Cl)Cl)C1[C@H]2CC/C=C\CC[C@H]12. The van der Waals surface area contributed by atoms with E-state index in [1.54, 1.807) is 6.21 Å². The molecule has 0 aromatic heterocycles. The zero-order valence-corrected chi connectivity index (χ0v) is 15.5. The summed E-state index contributed by atoms with van der Waals surface area (Å²) in [5.41, 5.74) is 3.25. The molecule has 3 aliphatic carbocycles. The van der Waals surface area contributed by atoms with Crippen molar-refractivity contribution >= 4 is 35.3 Å². The van der Waals surface area contributed by atoms with Crippen molar-refractivity contribution in [3.05, 3.63) is 48.0 Å². The number of carbonyl (C=O) groups is 1. The number of allylic oxidation sites excluding steroid dienone is 2. The summed E-state index contributed by atoms with van der Waals surface area (Å²) in [4.78, 5) is 12.5. The average molecular weight is 377 g/mol. The lowest BCUT2D eigenvalue weighted by Crippen LogP contribution is -2.24. The second-order valence-electron chi connectivity index (χ2n) is 7.43. The molecule has 132 valence electrons. The van der Waals surface area contributed by atoms with Crippen molar-refractivity contribution in [3.8, 4) is 0 Å². The molecular formula is C20H22Cl2N2O. The zero-order valence-electron chi connectivity index (χ0n) is 14.0. The van der Waals surface area contributed by atoms with Crippen LogP contribution in [0.4, 0.5) is 0 Å². The van der Waals surface area contributed by atoms with E-state index in [4.69, 9.17) is 23.2 Å². The summed E-state index contributed by atoms with van der Waals surface area (Å²) in [7, 11) is 0. The van der Waals surface area contributed by atoms with Crippen LogP contribution in [-0.2, 0) is 10.2 Å². The number of benzene rings is 1. The van der Waals surface area contributed by atoms with Gasteiger partial charge in [0.05, 0.1) is 5.41 Å². The number of fused-ring (bicyclic) bond motifs is 1. The number of hydrogen-bond donors (Lipinski definition) is 1.